The van der Waals surface area contributed by atoms with Crippen LogP contribution in [0.4, 0.5) is 5.69 Å². The lowest BCUT2D eigenvalue weighted by Gasteiger charge is -2.28. The average molecular weight is 500 g/mol. The molecule has 3 aliphatic rings. The van der Waals surface area contributed by atoms with Gasteiger partial charge in [0.2, 0.25) is 17.7 Å². The van der Waals surface area contributed by atoms with Crippen molar-refractivity contribution in [2.24, 2.45) is 23.7 Å². The predicted octanol–water partition coefficient (Wildman–Crippen LogP) is 2.80. The Morgan fingerprint density at radius 3 is 2.26 bits per heavy atom. The lowest BCUT2D eigenvalue weighted by atomic mass is 9.81. The topological polar surface area (TPSA) is 75.7 Å². The minimum atomic E-state index is -0.873. The first kappa shape index (κ1) is 18.9. The highest BCUT2D eigenvalue weighted by atomic mass is 79.9. The van der Waals surface area contributed by atoms with Crippen molar-refractivity contribution >= 4 is 55.3 Å². The number of hydrogen-bond donors (Lipinski definition) is 1. The Hall–Kier alpha value is -1.41. The molecule has 0 spiro atoms. The Balaban J connectivity index is 1.54. The van der Waals surface area contributed by atoms with Gasteiger partial charge in [-0.1, -0.05) is 44.0 Å². The molecule has 0 aromatic heterocycles. The Morgan fingerprint density at radius 2 is 1.70 bits per heavy atom. The summed E-state index contributed by atoms with van der Waals surface area (Å²) in [6.45, 7) is 1.60. The maximum Gasteiger partial charge on any atom is 0.247 e. The fourth-order valence-corrected chi connectivity index (χ4v) is 6.73. The van der Waals surface area contributed by atoms with Gasteiger partial charge in [0.25, 0.3) is 0 Å². The molecule has 1 aromatic rings. The van der Waals surface area contributed by atoms with Gasteiger partial charge in [0, 0.05) is 9.65 Å². The van der Waals surface area contributed by atoms with Crippen LogP contribution in [0.3, 0.4) is 0 Å². The number of carbonyl (C=O) groups is 3. The van der Waals surface area contributed by atoms with E-state index in [2.05, 4.69) is 37.2 Å². The fourth-order valence-electron chi connectivity index (χ4n) is 4.86. The summed E-state index contributed by atoms with van der Waals surface area (Å²) >= 11 is 7.34. The molecule has 2 aliphatic carbocycles. The summed E-state index contributed by atoms with van der Waals surface area (Å²) in [7, 11) is 1.52. The van der Waals surface area contributed by atoms with Crippen LogP contribution >= 0.6 is 31.9 Å². The first-order valence-corrected chi connectivity index (χ1v) is 10.8. The maximum atomic E-state index is 13.0. The van der Waals surface area contributed by atoms with E-state index in [1.165, 1.54) is 12.0 Å². The predicted molar refractivity (Wildman–Crippen MR) is 107 cm³/mol. The number of nitrogens with zero attached hydrogens (tertiary/aromatic N) is 1. The molecule has 144 valence electrons. The van der Waals surface area contributed by atoms with Crippen molar-refractivity contribution < 1.29 is 19.1 Å². The summed E-state index contributed by atoms with van der Waals surface area (Å²) < 4.78 is 5.24. The van der Waals surface area contributed by atoms with E-state index in [1.807, 2.05) is 0 Å². The number of ether oxygens (including phenoxy) is 1. The third kappa shape index (κ3) is 2.75. The minimum absolute atomic E-state index is 0.135. The molecule has 1 saturated heterocycles. The van der Waals surface area contributed by atoms with Crippen LogP contribution in [-0.4, -0.2) is 45.4 Å². The number of imide groups is 1. The van der Waals surface area contributed by atoms with Crippen molar-refractivity contribution in [3.8, 4) is 5.75 Å². The molecule has 1 aliphatic heterocycles. The fraction of sp³-hybridized carbons (Fsp3) is 0.526. The molecule has 0 unspecified atom stereocenters. The molecule has 1 heterocycles. The van der Waals surface area contributed by atoms with Crippen LogP contribution in [0.2, 0.25) is 0 Å². The Kier molecular flexibility index (Phi) is 4.83. The Morgan fingerprint density at radius 1 is 1.15 bits per heavy atom. The number of nitrogens with one attached hydrogen (secondary N) is 1. The molecular weight excluding hydrogens is 480 g/mol. The number of amides is 3. The number of hydrogen-bond acceptors (Lipinski definition) is 4. The van der Waals surface area contributed by atoms with Gasteiger partial charge in [0.1, 0.15) is 11.8 Å². The number of para-hydroxylation sites is 2. The third-order valence-corrected chi connectivity index (χ3v) is 9.36. The number of rotatable bonds is 4. The quantitative estimate of drug-likeness (QED) is 0.510. The van der Waals surface area contributed by atoms with Gasteiger partial charge in [0.05, 0.1) is 24.6 Å². The summed E-state index contributed by atoms with van der Waals surface area (Å²) in [5.41, 5.74) is 0.511. The standard InChI is InChI=1S/C19H20Br2N2O4/c1-8(17(24)22-11-5-3-4-6-12(11)27-2)23-18(25)13-9-7-10(14(13)19(23)26)16(21)15(9)20/h3-6,8-10,13-16H,7H2,1-2H3,(H,22,24)/t8-,9+,10+,13+,14+,15-,16+/m1/s1. The molecule has 6 nitrogen and oxygen atoms in total. The molecule has 0 radical (unpaired) electrons. The van der Waals surface area contributed by atoms with E-state index in [-0.39, 0.29) is 45.1 Å². The zero-order valence-corrected chi connectivity index (χ0v) is 18.1. The van der Waals surface area contributed by atoms with Crippen LogP contribution in [0.15, 0.2) is 24.3 Å². The SMILES string of the molecule is COc1ccccc1NC(=O)[C@@H](C)N1C(=O)[C@H]2[C@@H]3C[C@H]([C@@H](Br)[C@H]3Br)[C@@H]2C1=O. The van der Waals surface area contributed by atoms with Gasteiger partial charge in [-0.05, 0) is 37.3 Å². The maximum absolute atomic E-state index is 13.0. The van der Waals surface area contributed by atoms with Crippen LogP contribution in [-0.2, 0) is 14.4 Å². The number of fused-ring (bicyclic) bond motifs is 5. The highest BCUT2D eigenvalue weighted by molar-refractivity contribution is 9.12. The van der Waals surface area contributed by atoms with Crippen LogP contribution in [0.25, 0.3) is 0 Å². The molecule has 3 amide bonds. The molecule has 1 N–H and O–H groups in total. The van der Waals surface area contributed by atoms with E-state index in [0.717, 1.165) is 6.42 Å². The summed E-state index contributed by atoms with van der Waals surface area (Å²) in [5, 5.41) is 2.77. The number of alkyl halides is 2. The Labute approximate surface area is 174 Å². The van der Waals surface area contributed by atoms with Crippen molar-refractivity contribution in [2.75, 3.05) is 12.4 Å². The molecule has 2 bridgehead atoms. The van der Waals surface area contributed by atoms with Crippen LogP contribution < -0.4 is 10.1 Å². The zero-order chi connectivity index (χ0) is 19.5. The second kappa shape index (κ2) is 6.88. The lowest BCUT2D eigenvalue weighted by molar-refractivity contribution is -0.146. The van der Waals surface area contributed by atoms with Crippen molar-refractivity contribution in [1.82, 2.24) is 4.90 Å². The molecule has 27 heavy (non-hydrogen) atoms. The van der Waals surface area contributed by atoms with Crippen molar-refractivity contribution in [3.63, 3.8) is 0 Å². The van der Waals surface area contributed by atoms with E-state index in [0.29, 0.717) is 11.4 Å². The molecule has 1 aromatic carbocycles. The van der Waals surface area contributed by atoms with Gasteiger partial charge in [-0.25, -0.2) is 0 Å². The normalized spacial score (nSPS) is 35.3. The van der Waals surface area contributed by atoms with E-state index in [1.54, 1.807) is 31.2 Å². The lowest BCUT2D eigenvalue weighted by Crippen LogP contribution is -2.46. The average Bonchev–Trinajstić information content (AvgIpc) is 3.26. The number of anilines is 1. The van der Waals surface area contributed by atoms with Gasteiger partial charge in [-0.2, -0.15) is 0 Å². The number of halogens is 2. The number of carbonyl (C=O) groups excluding carboxylic acids is 3. The van der Waals surface area contributed by atoms with E-state index in [9.17, 15) is 14.4 Å². The Bertz CT molecular complexity index is 785. The molecule has 8 heteroatoms. The number of benzene rings is 1. The van der Waals surface area contributed by atoms with Gasteiger partial charge in [-0.15, -0.1) is 0 Å². The van der Waals surface area contributed by atoms with Crippen molar-refractivity contribution in [2.45, 2.75) is 29.0 Å². The molecule has 2 saturated carbocycles. The first-order chi connectivity index (χ1) is 12.9. The van der Waals surface area contributed by atoms with Crippen LogP contribution in [0.1, 0.15) is 13.3 Å². The largest absolute Gasteiger partial charge is 0.495 e. The number of likely N-dealkylation sites (tertiary alicyclic amines) is 1. The van der Waals surface area contributed by atoms with Gasteiger partial charge in [-0.3, -0.25) is 19.3 Å². The summed E-state index contributed by atoms with van der Waals surface area (Å²) in [5.74, 6) is -0.682. The minimum Gasteiger partial charge on any atom is -0.495 e. The summed E-state index contributed by atoms with van der Waals surface area (Å²) in [6, 6.07) is 6.17. The van der Waals surface area contributed by atoms with Crippen molar-refractivity contribution in [3.05, 3.63) is 24.3 Å². The van der Waals surface area contributed by atoms with Crippen molar-refractivity contribution in [1.29, 1.82) is 0 Å². The molecule has 3 fully saturated rings. The van der Waals surface area contributed by atoms with Crippen LogP contribution in [0, 0.1) is 23.7 Å². The highest BCUT2D eigenvalue weighted by Crippen LogP contribution is 2.60. The van der Waals surface area contributed by atoms with Gasteiger partial charge >= 0.3 is 0 Å². The summed E-state index contributed by atoms with van der Waals surface area (Å²) in [6.07, 6.45) is 0.869. The number of methoxy groups -OCH3 is 1. The molecule has 7 atom stereocenters. The van der Waals surface area contributed by atoms with Gasteiger partial charge in [0.15, 0.2) is 0 Å². The second-order valence-corrected chi connectivity index (χ2v) is 9.53. The molecular formula is C19H20Br2N2O4. The first-order valence-electron chi connectivity index (χ1n) is 8.95. The summed E-state index contributed by atoms with van der Waals surface area (Å²) in [4.78, 5) is 40.3. The van der Waals surface area contributed by atoms with E-state index < -0.39 is 11.9 Å². The van der Waals surface area contributed by atoms with E-state index >= 15 is 0 Å². The monoisotopic (exact) mass is 498 g/mol. The third-order valence-electron chi connectivity index (χ3n) is 6.15. The smallest absolute Gasteiger partial charge is 0.247 e. The van der Waals surface area contributed by atoms with Crippen LogP contribution in [0.5, 0.6) is 5.75 Å². The highest BCUT2D eigenvalue weighted by Gasteiger charge is 2.67. The second-order valence-electron chi connectivity index (χ2n) is 7.42. The molecule has 4 rings (SSSR count). The van der Waals surface area contributed by atoms with E-state index in [4.69, 9.17) is 4.74 Å². The van der Waals surface area contributed by atoms with Gasteiger partial charge < -0.3 is 10.1 Å². The zero-order valence-electron chi connectivity index (χ0n) is 14.9.